The molecule has 0 bridgehead atoms. The molecule has 5 heteroatoms. The van der Waals surface area contributed by atoms with Gasteiger partial charge in [0, 0.05) is 18.3 Å². The van der Waals surface area contributed by atoms with Crippen molar-refractivity contribution < 1.29 is 9.53 Å². The number of carbonyl (C=O) groups excluding carboxylic acids is 1. The molecule has 2 atom stereocenters. The maximum Gasteiger partial charge on any atom is 0.416 e. The molecule has 0 saturated carbocycles. The molecule has 1 aliphatic heterocycles. The van der Waals surface area contributed by atoms with Gasteiger partial charge in [-0.2, -0.15) is 0 Å². The predicted octanol–water partition coefficient (Wildman–Crippen LogP) is 4.39. The molecule has 1 aromatic rings. The summed E-state index contributed by atoms with van der Waals surface area (Å²) in [5.41, 5.74) is 0.696. The van der Waals surface area contributed by atoms with Crippen molar-refractivity contribution in [3.05, 3.63) is 23.9 Å². The van der Waals surface area contributed by atoms with Crippen LogP contribution in [0.2, 0.25) is 0 Å². The van der Waals surface area contributed by atoms with Gasteiger partial charge in [-0.15, -0.1) is 0 Å². The van der Waals surface area contributed by atoms with E-state index in [1.165, 1.54) is 18.4 Å². The van der Waals surface area contributed by atoms with Crippen molar-refractivity contribution in [2.45, 2.75) is 71.6 Å². The van der Waals surface area contributed by atoms with Gasteiger partial charge in [-0.1, -0.05) is 13.0 Å². The molecule has 0 aliphatic carbocycles. The average Bonchev–Trinajstić information content (AvgIpc) is 2.92. The van der Waals surface area contributed by atoms with Gasteiger partial charge in [0.1, 0.15) is 11.4 Å². The Morgan fingerprint density at radius 2 is 2.17 bits per heavy atom. The Labute approximate surface area is 146 Å². The van der Waals surface area contributed by atoms with E-state index in [0.29, 0.717) is 11.9 Å². The van der Waals surface area contributed by atoms with E-state index >= 15 is 0 Å². The molecule has 1 amide bonds. The lowest BCUT2D eigenvalue weighted by molar-refractivity contribution is 0.0566. The molecule has 134 valence electrons. The van der Waals surface area contributed by atoms with E-state index in [1.54, 1.807) is 4.90 Å². The normalized spacial score (nSPS) is 20.0. The molecule has 1 aromatic heterocycles. The highest BCUT2D eigenvalue weighted by molar-refractivity contribution is 5.87. The second kappa shape index (κ2) is 7.51. The summed E-state index contributed by atoms with van der Waals surface area (Å²) in [4.78, 5) is 21.2. The molecule has 0 spiro atoms. The van der Waals surface area contributed by atoms with Gasteiger partial charge >= 0.3 is 6.09 Å². The summed E-state index contributed by atoms with van der Waals surface area (Å²) in [7, 11) is 2.15. The monoisotopic (exact) mass is 333 g/mol. The van der Waals surface area contributed by atoms with Crippen LogP contribution in [0.1, 0.15) is 65.5 Å². The van der Waals surface area contributed by atoms with Crippen molar-refractivity contribution in [2.24, 2.45) is 0 Å². The second-order valence-corrected chi connectivity index (χ2v) is 7.70. The van der Waals surface area contributed by atoms with E-state index in [1.807, 2.05) is 40.0 Å². The summed E-state index contributed by atoms with van der Waals surface area (Å²) in [5, 5.41) is 0. The number of rotatable bonds is 4. The molecule has 2 rings (SSSR count). The third-order valence-corrected chi connectivity index (χ3v) is 4.54. The van der Waals surface area contributed by atoms with Gasteiger partial charge in [0.15, 0.2) is 0 Å². The van der Waals surface area contributed by atoms with E-state index < -0.39 is 5.60 Å². The first-order chi connectivity index (χ1) is 11.2. The van der Waals surface area contributed by atoms with Crippen LogP contribution in [-0.4, -0.2) is 41.2 Å². The fourth-order valence-electron chi connectivity index (χ4n) is 3.06. The van der Waals surface area contributed by atoms with Gasteiger partial charge in [-0.05, 0) is 72.2 Å². The first kappa shape index (κ1) is 18.7. The molecule has 24 heavy (non-hydrogen) atoms. The van der Waals surface area contributed by atoms with Crippen molar-refractivity contribution >= 4 is 11.9 Å². The van der Waals surface area contributed by atoms with Crippen LogP contribution in [0.3, 0.4) is 0 Å². The van der Waals surface area contributed by atoms with Crippen molar-refractivity contribution in [2.75, 3.05) is 18.5 Å². The number of likely N-dealkylation sites (tertiary alicyclic amines) is 1. The molecule has 0 N–H and O–H groups in total. The summed E-state index contributed by atoms with van der Waals surface area (Å²) in [5.74, 6) is 0.656. The summed E-state index contributed by atoms with van der Waals surface area (Å²) in [6, 6.07) is 4.50. The number of ether oxygens (including phenoxy) is 1. The highest BCUT2D eigenvalue weighted by Crippen LogP contribution is 2.31. The fraction of sp³-hybridized carbons (Fsp3) is 0.684. The minimum atomic E-state index is -0.519. The van der Waals surface area contributed by atoms with Gasteiger partial charge in [0.05, 0.1) is 0 Å². The van der Waals surface area contributed by atoms with Gasteiger partial charge < -0.3 is 4.74 Å². The number of amides is 1. The van der Waals surface area contributed by atoms with E-state index in [0.717, 1.165) is 13.0 Å². The quantitative estimate of drug-likeness (QED) is 0.820. The van der Waals surface area contributed by atoms with Crippen LogP contribution in [0.15, 0.2) is 18.3 Å². The zero-order valence-corrected chi connectivity index (χ0v) is 15.9. The lowest BCUT2D eigenvalue weighted by Gasteiger charge is -2.30. The van der Waals surface area contributed by atoms with Crippen molar-refractivity contribution in [1.29, 1.82) is 0 Å². The number of aromatic nitrogens is 1. The maximum atomic E-state index is 12.6. The van der Waals surface area contributed by atoms with Gasteiger partial charge in [-0.3, -0.25) is 9.80 Å². The summed E-state index contributed by atoms with van der Waals surface area (Å²) < 4.78 is 5.56. The third kappa shape index (κ3) is 4.47. The smallest absolute Gasteiger partial charge is 0.416 e. The Kier molecular flexibility index (Phi) is 5.86. The highest BCUT2D eigenvalue weighted by Gasteiger charge is 2.28. The first-order valence-electron chi connectivity index (χ1n) is 8.91. The van der Waals surface area contributed by atoms with Gasteiger partial charge in [0.2, 0.25) is 0 Å². The van der Waals surface area contributed by atoms with Crippen LogP contribution >= 0.6 is 0 Å². The standard InChI is InChI=1S/C19H31N3O2/c1-7-14(2)22(18(23)24-19(3,4)5)17-11-10-15(13-20-17)16-9-8-12-21(16)6/h10-11,13-14,16H,7-9,12H2,1-6H3/t14-,16+/m0/s1. The van der Waals surface area contributed by atoms with Crippen molar-refractivity contribution in [3.8, 4) is 0 Å². The van der Waals surface area contributed by atoms with Crippen LogP contribution in [0.5, 0.6) is 0 Å². The Hall–Kier alpha value is -1.62. The van der Waals surface area contributed by atoms with Gasteiger partial charge in [0.25, 0.3) is 0 Å². The maximum absolute atomic E-state index is 12.6. The molecular formula is C19H31N3O2. The average molecular weight is 333 g/mol. The molecule has 2 heterocycles. The first-order valence-corrected chi connectivity index (χ1v) is 8.91. The lowest BCUT2D eigenvalue weighted by atomic mass is 10.1. The van der Waals surface area contributed by atoms with Crippen LogP contribution in [0, 0.1) is 0 Å². The Balaban J connectivity index is 2.22. The van der Waals surface area contributed by atoms with E-state index in [-0.39, 0.29) is 12.1 Å². The van der Waals surface area contributed by atoms with Crippen LogP contribution in [0.25, 0.3) is 0 Å². The number of pyridine rings is 1. The Morgan fingerprint density at radius 1 is 1.46 bits per heavy atom. The number of carbonyl (C=O) groups is 1. The summed E-state index contributed by atoms with van der Waals surface area (Å²) >= 11 is 0. The fourth-order valence-corrected chi connectivity index (χ4v) is 3.06. The van der Waals surface area contributed by atoms with E-state index in [9.17, 15) is 4.79 Å². The molecule has 1 saturated heterocycles. The Morgan fingerprint density at radius 3 is 2.62 bits per heavy atom. The molecule has 0 unspecified atom stereocenters. The topological polar surface area (TPSA) is 45.7 Å². The Bertz CT molecular complexity index is 551. The predicted molar refractivity (Wildman–Crippen MR) is 97.3 cm³/mol. The van der Waals surface area contributed by atoms with Gasteiger partial charge in [-0.25, -0.2) is 9.78 Å². The molecule has 5 nitrogen and oxygen atoms in total. The number of nitrogens with zero attached hydrogens (tertiary/aromatic N) is 3. The molecule has 0 radical (unpaired) electrons. The summed E-state index contributed by atoms with van der Waals surface area (Å²) in [6.45, 7) is 10.8. The highest BCUT2D eigenvalue weighted by atomic mass is 16.6. The van der Waals surface area contributed by atoms with E-state index in [2.05, 4.69) is 29.9 Å². The molecule has 1 aliphatic rings. The molecule has 0 aromatic carbocycles. The SMILES string of the molecule is CC[C@H](C)N(C(=O)OC(C)(C)C)c1ccc([C@H]2CCCN2C)cn1. The second-order valence-electron chi connectivity index (χ2n) is 7.70. The third-order valence-electron chi connectivity index (χ3n) is 4.54. The van der Waals surface area contributed by atoms with E-state index in [4.69, 9.17) is 4.74 Å². The van der Waals surface area contributed by atoms with Crippen molar-refractivity contribution in [1.82, 2.24) is 9.88 Å². The van der Waals surface area contributed by atoms with Crippen LogP contribution in [0.4, 0.5) is 10.6 Å². The van der Waals surface area contributed by atoms with Crippen LogP contribution in [-0.2, 0) is 4.74 Å². The zero-order valence-electron chi connectivity index (χ0n) is 15.9. The largest absolute Gasteiger partial charge is 0.443 e. The number of hydrogen-bond acceptors (Lipinski definition) is 4. The minimum absolute atomic E-state index is 0.0346. The minimum Gasteiger partial charge on any atom is -0.443 e. The number of anilines is 1. The number of hydrogen-bond donors (Lipinski definition) is 0. The summed E-state index contributed by atoms with van der Waals surface area (Å²) in [6.07, 6.45) is 4.80. The van der Waals surface area contributed by atoms with Crippen LogP contribution < -0.4 is 4.90 Å². The molecule has 1 fully saturated rings. The lowest BCUT2D eigenvalue weighted by Crippen LogP contribution is -2.42. The molecular weight excluding hydrogens is 302 g/mol. The van der Waals surface area contributed by atoms with Crippen molar-refractivity contribution in [3.63, 3.8) is 0 Å². The zero-order chi connectivity index (χ0) is 17.9.